The number of allylic oxidation sites excluding steroid dienone is 2. The molecule has 0 bridgehead atoms. The van der Waals surface area contributed by atoms with E-state index in [0.717, 1.165) is 37.9 Å². The van der Waals surface area contributed by atoms with Gasteiger partial charge in [0.15, 0.2) is 0 Å². The van der Waals surface area contributed by atoms with Gasteiger partial charge >= 0.3 is 0 Å². The monoisotopic (exact) mass is 240 g/mol. The van der Waals surface area contributed by atoms with Crippen molar-refractivity contribution in [3.8, 4) is 0 Å². The van der Waals surface area contributed by atoms with Crippen LogP contribution in [0.2, 0.25) is 0 Å². The standard InChI is InChI=1S/C15H32N2/c1-12(2)10-14(11-13(3)4)15(17)8-6-5-7-9-16/h12-13H,5-11,16-17H2,1-4H3. The second kappa shape index (κ2) is 9.52. The molecule has 4 N–H and O–H groups in total. The number of nitrogens with two attached hydrogens (primary N) is 2. The lowest BCUT2D eigenvalue weighted by Gasteiger charge is -2.16. The molecule has 0 saturated heterocycles. The van der Waals surface area contributed by atoms with Gasteiger partial charge in [-0.3, -0.25) is 0 Å². The second-order valence-electron chi connectivity index (χ2n) is 5.92. The molecule has 2 nitrogen and oxygen atoms in total. The van der Waals surface area contributed by atoms with Crippen molar-refractivity contribution in [2.45, 2.75) is 66.2 Å². The van der Waals surface area contributed by atoms with Crippen molar-refractivity contribution in [3.05, 3.63) is 11.3 Å². The zero-order chi connectivity index (χ0) is 13.3. The molecule has 0 aromatic carbocycles. The second-order valence-corrected chi connectivity index (χ2v) is 5.92. The summed E-state index contributed by atoms with van der Waals surface area (Å²) in [5.41, 5.74) is 14.4. The minimum absolute atomic E-state index is 0.700. The Balaban J connectivity index is 4.28. The first-order chi connectivity index (χ1) is 7.97. The van der Waals surface area contributed by atoms with E-state index in [1.165, 1.54) is 18.4 Å². The molecule has 0 rings (SSSR count). The lowest BCUT2D eigenvalue weighted by atomic mass is 9.92. The van der Waals surface area contributed by atoms with Gasteiger partial charge in [0, 0.05) is 5.70 Å². The lowest BCUT2D eigenvalue weighted by molar-refractivity contribution is 0.558. The van der Waals surface area contributed by atoms with Gasteiger partial charge in [-0.15, -0.1) is 0 Å². The Morgan fingerprint density at radius 1 is 0.882 bits per heavy atom. The highest BCUT2D eigenvalue weighted by Gasteiger charge is 2.08. The van der Waals surface area contributed by atoms with E-state index >= 15 is 0 Å². The minimum Gasteiger partial charge on any atom is -0.402 e. The van der Waals surface area contributed by atoms with Gasteiger partial charge in [0.2, 0.25) is 0 Å². The zero-order valence-corrected chi connectivity index (χ0v) is 12.3. The molecule has 0 unspecified atom stereocenters. The molecule has 0 aromatic heterocycles. The van der Waals surface area contributed by atoms with E-state index in [1.807, 2.05) is 0 Å². The molecular formula is C15H32N2. The van der Waals surface area contributed by atoms with E-state index in [0.29, 0.717) is 11.8 Å². The third-order valence-corrected chi connectivity index (χ3v) is 2.91. The Morgan fingerprint density at radius 2 is 1.41 bits per heavy atom. The molecule has 0 aliphatic heterocycles. The smallest absolute Gasteiger partial charge is 0.00725 e. The van der Waals surface area contributed by atoms with Crippen molar-refractivity contribution in [2.24, 2.45) is 23.3 Å². The SMILES string of the molecule is CC(C)CC(CC(C)C)=C(N)CCCCCN. The van der Waals surface area contributed by atoms with Crippen LogP contribution in [-0.4, -0.2) is 6.54 Å². The number of rotatable bonds is 9. The van der Waals surface area contributed by atoms with Gasteiger partial charge in [0.05, 0.1) is 0 Å². The largest absolute Gasteiger partial charge is 0.402 e. The molecule has 102 valence electrons. The molecule has 17 heavy (non-hydrogen) atoms. The van der Waals surface area contributed by atoms with Crippen LogP contribution in [0.25, 0.3) is 0 Å². The minimum atomic E-state index is 0.700. The zero-order valence-electron chi connectivity index (χ0n) is 12.3. The van der Waals surface area contributed by atoms with Gasteiger partial charge in [0.25, 0.3) is 0 Å². The predicted octanol–water partition coefficient (Wildman–Crippen LogP) is 3.81. The molecule has 0 atom stereocenters. The average Bonchev–Trinajstić information content (AvgIpc) is 2.22. The Hall–Kier alpha value is -0.500. The first-order valence-electron chi connectivity index (χ1n) is 7.13. The van der Waals surface area contributed by atoms with Crippen molar-refractivity contribution >= 4 is 0 Å². The van der Waals surface area contributed by atoms with Crippen LogP contribution in [0, 0.1) is 11.8 Å². The third-order valence-electron chi connectivity index (χ3n) is 2.91. The molecule has 2 heteroatoms. The summed E-state index contributed by atoms with van der Waals surface area (Å²) in [4.78, 5) is 0. The molecule has 0 aromatic rings. The molecule has 0 saturated carbocycles. The predicted molar refractivity (Wildman–Crippen MR) is 77.6 cm³/mol. The van der Waals surface area contributed by atoms with Crippen LogP contribution < -0.4 is 11.5 Å². The fraction of sp³-hybridized carbons (Fsp3) is 0.867. The molecule has 0 amide bonds. The van der Waals surface area contributed by atoms with Gasteiger partial charge in [-0.25, -0.2) is 0 Å². The van der Waals surface area contributed by atoms with Crippen LogP contribution in [0.15, 0.2) is 11.3 Å². The van der Waals surface area contributed by atoms with E-state index < -0.39 is 0 Å². The summed E-state index contributed by atoms with van der Waals surface area (Å²) in [5, 5.41) is 0. The van der Waals surface area contributed by atoms with E-state index in [2.05, 4.69) is 27.7 Å². The van der Waals surface area contributed by atoms with E-state index in [-0.39, 0.29) is 0 Å². The van der Waals surface area contributed by atoms with Crippen LogP contribution in [-0.2, 0) is 0 Å². The summed E-state index contributed by atoms with van der Waals surface area (Å²) in [6.07, 6.45) is 6.87. The van der Waals surface area contributed by atoms with Gasteiger partial charge in [-0.05, 0) is 50.5 Å². The molecule has 0 spiro atoms. The molecule has 0 aliphatic carbocycles. The quantitative estimate of drug-likeness (QED) is 0.602. The highest BCUT2D eigenvalue weighted by molar-refractivity contribution is 5.12. The Morgan fingerprint density at radius 3 is 1.82 bits per heavy atom. The summed E-state index contributed by atoms with van der Waals surface area (Å²) >= 11 is 0. The van der Waals surface area contributed by atoms with Gasteiger partial charge in [-0.1, -0.05) is 39.7 Å². The fourth-order valence-corrected chi connectivity index (χ4v) is 2.14. The summed E-state index contributed by atoms with van der Waals surface area (Å²) < 4.78 is 0. The van der Waals surface area contributed by atoms with E-state index in [9.17, 15) is 0 Å². The average molecular weight is 240 g/mol. The van der Waals surface area contributed by atoms with Crippen molar-refractivity contribution in [1.82, 2.24) is 0 Å². The van der Waals surface area contributed by atoms with Gasteiger partial charge < -0.3 is 11.5 Å². The van der Waals surface area contributed by atoms with Crippen LogP contribution in [0.4, 0.5) is 0 Å². The summed E-state index contributed by atoms with van der Waals surface area (Å²) in [7, 11) is 0. The molecule has 0 fully saturated rings. The molecule has 0 radical (unpaired) electrons. The summed E-state index contributed by atoms with van der Waals surface area (Å²) in [6, 6.07) is 0. The van der Waals surface area contributed by atoms with Crippen molar-refractivity contribution in [1.29, 1.82) is 0 Å². The van der Waals surface area contributed by atoms with Crippen LogP contribution >= 0.6 is 0 Å². The molecule has 0 aliphatic rings. The summed E-state index contributed by atoms with van der Waals surface area (Å²) in [5.74, 6) is 1.40. The molecule has 0 heterocycles. The maximum Gasteiger partial charge on any atom is 0.00725 e. The van der Waals surface area contributed by atoms with Crippen molar-refractivity contribution in [3.63, 3.8) is 0 Å². The highest BCUT2D eigenvalue weighted by Crippen LogP contribution is 2.23. The van der Waals surface area contributed by atoms with Crippen LogP contribution in [0.5, 0.6) is 0 Å². The lowest BCUT2D eigenvalue weighted by Crippen LogP contribution is -2.08. The van der Waals surface area contributed by atoms with Crippen molar-refractivity contribution < 1.29 is 0 Å². The number of unbranched alkanes of at least 4 members (excludes halogenated alkanes) is 2. The van der Waals surface area contributed by atoms with Crippen LogP contribution in [0.3, 0.4) is 0 Å². The summed E-state index contributed by atoms with van der Waals surface area (Å²) in [6.45, 7) is 9.86. The maximum absolute atomic E-state index is 6.25. The normalized spacial score (nSPS) is 11.2. The fourth-order valence-electron chi connectivity index (χ4n) is 2.14. The number of hydrogen-bond acceptors (Lipinski definition) is 2. The topological polar surface area (TPSA) is 52.0 Å². The van der Waals surface area contributed by atoms with Gasteiger partial charge in [-0.2, -0.15) is 0 Å². The Labute approximate surface area is 108 Å². The first-order valence-corrected chi connectivity index (χ1v) is 7.13. The van der Waals surface area contributed by atoms with Gasteiger partial charge in [0.1, 0.15) is 0 Å². The van der Waals surface area contributed by atoms with E-state index in [1.54, 1.807) is 0 Å². The Kier molecular flexibility index (Phi) is 9.24. The van der Waals surface area contributed by atoms with E-state index in [4.69, 9.17) is 11.5 Å². The Bertz CT molecular complexity index is 205. The van der Waals surface area contributed by atoms with Crippen molar-refractivity contribution in [2.75, 3.05) is 6.54 Å². The first kappa shape index (κ1) is 16.5. The maximum atomic E-state index is 6.25. The number of hydrogen-bond donors (Lipinski definition) is 2. The highest BCUT2D eigenvalue weighted by atomic mass is 14.6. The third kappa shape index (κ3) is 9.22. The van der Waals surface area contributed by atoms with Crippen LogP contribution in [0.1, 0.15) is 66.2 Å². The molecular weight excluding hydrogens is 208 g/mol.